The van der Waals surface area contributed by atoms with Crippen molar-refractivity contribution in [1.82, 2.24) is 9.97 Å². The molecular formula is C11H8N2S. The number of pyridine rings is 2. The fourth-order valence-corrected chi connectivity index (χ4v) is 2.56. The number of thiophene rings is 1. The number of hydrogen-bond acceptors (Lipinski definition) is 3. The normalized spacial score (nSPS) is 11.2. The Kier molecular flexibility index (Phi) is 1.55. The Balaban J connectivity index is 2.58. The van der Waals surface area contributed by atoms with Gasteiger partial charge < -0.3 is 0 Å². The SMILES string of the molecule is Cc1ccc2sc3ncccc3c2n1. The standard InChI is InChI=1S/C11H8N2S/c1-7-4-5-9-10(13-7)8-3-2-6-12-11(8)14-9/h2-6H,1H3. The van der Waals surface area contributed by atoms with E-state index < -0.39 is 0 Å². The first kappa shape index (κ1) is 7.88. The Labute approximate surface area is 85.2 Å². The molecule has 0 saturated heterocycles. The van der Waals surface area contributed by atoms with Crippen molar-refractivity contribution in [3.05, 3.63) is 36.2 Å². The third-order valence-corrected chi connectivity index (χ3v) is 3.30. The van der Waals surface area contributed by atoms with Crippen LogP contribution in [0, 0.1) is 6.92 Å². The molecule has 0 aliphatic heterocycles. The largest absolute Gasteiger partial charge is 0.252 e. The first-order chi connectivity index (χ1) is 6.84. The topological polar surface area (TPSA) is 25.8 Å². The summed E-state index contributed by atoms with van der Waals surface area (Å²) in [6, 6.07) is 8.19. The van der Waals surface area contributed by atoms with E-state index in [9.17, 15) is 0 Å². The Bertz CT molecular complexity index is 613. The monoisotopic (exact) mass is 200 g/mol. The predicted molar refractivity (Wildman–Crippen MR) is 59.7 cm³/mol. The van der Waals surface area contributed by atoms with Gasteiger partial charge in [-0.05, 0) is 31.2 Å². The molecule has 3 heterocycles. The van der Waals surface area contributed by atoms with E-state index in [1.165, 1.54) is 4.70 Å². The molecule has 0 amide bonds. The van der Waals surface area contributed by atoms with E-state index in [0.29, 0.717) is 0 Å². The zero-order valence-electron chi connectivity index (χ0n) is 7.69. The Morgan fingerprint density at radius 2 is 2.14 bits per heavy atom. The highest BCUT2D eigenvalue weighted by Crippen LogP contribution is 2.30. The van der Waals surface area contributed by atoms with Crippen molar-refractivity contribution in [3.8, 4) is 0 Å². The molecule has 14 heavy (non-hydrogen) atoms. The van der Waals surface area contributed by atoms with Crippen LogP contribution in [0.2, 0.25) is 0 Å². The van der Waals surface area contributed by atoms with E-state index in [0.717, 1.165) is 21.4 Å². The maximum atomic E-state index is 4.53. The van der Waals surface area contributed by atoms with Crippen molar-refractivity contribution in [2.75, 3.05) is 0 Å². The fourth-order valence-electron chi connectivity index (χ4n) is 1.58. The lowest BCUT2D eigenvalue weighted by Crippen LogP contribution is -1.78. The van der Waals surface area contributed by atoms with Crippen molar-refractivity contribution in [2.24, 2.45) is 0 Å². The Hall–Kier alpha value is -1.48. The maximum absolute atomic E-state index is 4.53. The van der Waals surface area contributed by atoms with Crippen LogP contribution in [0.15, 0.2) is 30.5 Å². The van der Waals surface area contributed by atoms with Gasteiger partial charge in [-0.1, -0.05) is 0 Å². The summed E-state index contributed by atoms with van der Waals surface area (Å²) in [5.41, 5.74) is 2.14. The molecule has 3 aromatic heterocycles. The highest BCUT2D eigenvalue weighted by atomic mass is 32.1. The summed E-state index contributed by atoms with van der Waals surface area (Å²) in [7, 11) is 0. The molecule has 0 radical (unpaired) electrons. The van der Waals surface area contributed by atoms with Crippen LogP contribution in [0.1, 0.15) is 5.69 Å². The zero-order chi connectivity index (χ0) is 9.54. The van der Waals surface area contributed by atoms with E-state index >= 15 is 0 Å². The molecule has 0 bridgehead atoms. The van der Waals surface area contributed by atoms with Gasteiger partial charge in [0.2, 0.25) is 0 Å². The maximum Gasteiger partial charge on any atom is 0.126 e. The van der Waals surface area contributed by atoms with Crippen molar-refractivity contribution in [3.63, 3.8) is 0 Å². The molecule has 0 atom stereocenters. The lowest BCUT2D eigenvalue weighted by Gasteiger charge is -1.91. The van der Waals surface area contributed by atoms with Crippen molar-refractivity contribution >= 4 is 31.8 Å². The number of aryl methyl sites for hydroxylation is 1. The quantitative estimate of drug-likeness (QED) is 0.557. The minimum atomic E-state index is 1.06. The second-order valence-electron chi connectivity index (χ2n) is 3.26. The summed E-state index contributed by atoms with van der Waals surface area (Å²) >= 11 is 1.70. The smallest absolute Gasteiger partial charge is 0.126 e. The van der Waals surface area contributed by atoms with Crippen LogP contribution in [0.3, 0.4) is 0 Å². The van der Waals surface area contributed by atoms with E-state index in [4.69, 9.17) is 0 Å². The third-order valence-electron chi connectivity index (χ3n) is 2.23. The summed E-state index contributed by atoms with van der Waals surface area (Å²) in [5.74, 6) is 0. The summed E-state index contributed by atoms with van der Waals surface area (Å²) in [6.45, 7) is 2.01. The molecule has 68 valence electrons. The number of fused-ring (bicyclic) bond motifs is 3. The van der Waals surface area contributed by atoms with Gasteiger partial charge in [0.15, 0.2) is 0 Å². The highest BCUT2D eigenvalue weighted by Gasteiger charge is 2.05. The van der Waals surface area contributed by atoms with Crippen LogP contribution in [0.25, 0.3) is 20.4 Å². The van der Waals surface area contributed by atoms with Crippen molar-refractivity contribution in [1.29, 1.82) is 0 Å². The molecule has 0 spiro atoms. The molecule has 0 N–H and O–H groups in total. The third kappa shape index (κ3) is 1.02. The second kappa shape index (κ2) is 2.75. The number of nitrogens with zero attached hydrogens (tertiary/aromatic N) is 2. The molecule has 0 aromatic carbocycles. The fraction of sp³-hybridized carbons (Fsp3) is 0.0909. The van der Waals surface area contributed by atoms with Crippen molar-refractivity contribution in [2.45, 2.75) is 6.92 Å². The molecule has 3 heteroatoms. The lowest BCUT2D eigenvalue weighted by molar-refractivity contribution is 1.27. The van der Waals surface area contributed by atoms with Gasteiger partial charge in [-0.25, -0.2) is 4.98 Å². The molecule has 0 unspecified atom stereocenters. The minimum absolute atomic E-state index is 1.06. The van der Waals surface area contributed by atoms with Crippen LogP contribution in [-0.4, -0.2) is 9.97 Å². The Morgan fingerprint density at radius 3 is 3.07 bits per heavy atom. The van der Waals surface area contributed by atoms with Crippen LogP contribution in [0.4, 0.5) is 0 Å². The number of rotatable bonds is 0. The molecular weight excluding hydrogens is 192 g/mol. The predicted octanol–water partition coefficient (Wildman–Crippen LogP) is 3.15. The van der Waals surface area contributed by atoms with Gasteiger partial charge in [0, 0.05) is 17.3 Å². The van der Waals surface area contributed by atoms with Crippen LogP contribution in [-0.2, 0) is 0 Å². The number of aromatic nitrogens is 2. The van der Waals surface area contributed by atoms with E-state index in [1.54, 1.807) is 11.3 Å². The van der Waals surface area contributed by atoms with E-state index in [1.807, 2.05) is 25.3 Å². The molecule has 0 fully saturated rings. The summed E-state index contributed by atoms with van der Waals surface area (Å²) in [6.07, 6.45) is 1.82. The first-order valence-corrected chi connectivity index (χ1v) is 5.27. The zero-order valence-corrected chi connectivity index (χ0v) is 8.51. The summed E-state index contributed by atoms with van der Waals surface area (Å²) in [5, 5.41) is 1.16. The molecule has 0 aliphatic rings. The Morgan fingerprint density at radius 1 is 1.21 bits per heavy atom. The molecule has 2 nitrogen and oxygen atoms in total. The minimum Gasteiger partial charge on any atom is -0.252 e. The molecule has 3 rings (SSSR count). The van der Waals surface area contributed by atoms with Gasteiger partial charge in [-0.3, -0.25) is 4.98 Å². The van der Waals surface area contributed by atoms with Gasteiger partial charge in [-0.15, -0.1) is 11.3 Å². The van der Waals surface area contributed by atoms with Crippen LogP contribution in [0.5, 0.6) is 0 Å². The average molecular weight is 200 g/mol. The van der Waals surface area contributed by atoms with Gasteiger partial charge in [-0.2, -0.15) is 0 Å². The second-order valence-corrected chi connectivity index (χ2v) is 4.29. The first-order valence-electron chi connectivity index (χ1n) is 4.45. The van der Waals surface area contributed by atoms with Crippen molar-refractivity contribution < 1.29 is 0 Å². The highest BCUT2D eigenvalue weighted by molar-refractivity contribution is 7.25. The van der Waals surface area contributed by atoms with Crippen LogP contribution >= 0.6 is 11.3 Å². The summed E-state index contributed by atoms with van der Waals surface area (Å²) in [4.78, 5) is 9.93. The average Bonchev–Trinajstić information content (AvgIpc) is 2.56. The van der Waals surface area contributed by atoms with Gasteiger partial charge >= 0.3 is 0 Å². The molecule has 3 aromatic rings. The summed E-state index contributed by atoms with van der Waals surface area (Å²) < 4.78 is 1.21. The van der Waals surface area contributed by atoms with Gasteiger partial charge in [0.1, 0.15) is 4.83 Å². The van der Waals surface area contributed by atoms with E-state index in [2.05, 4.69) is 22.1 Å². The van der Waals surface area contributed by atoms with Gasteiger partial charge in [0.05, 0.1) is 10.2 Å². The van der Waals surface area contributed by atoms with E-state index in [-0.39, 0.29) is 0 Å². The molecule has 0 aliphatic carbocycles. The van der Waals surface area contributed by atoms with Gasteiger partial charge in [0.25, 0.3) is 0 Å². The lowest BCUT2D eigenvalue weighted by atomic mass is 10.2. The van der Waals surface area contributed by atoms with Crippen LogP contribution < -0.4 is 0 Å². The molecule has 0 saturated carbocycles. The number of hydrogen-bond donors (Lipinski definition) is 0.